The largest absolute Gasteiger partial charge is 0.454 e. The molecule has 0 saturated heterocycles. The first-order valence-electron chi connectivity index (χ1n) is 7.98. The minimum Gasteiger partial charge on any atom is -0.454 e. The summed E-state index contributed by atoms with van der Waals surface area (Å²) in [6, 6.07) is 10.7. The fourth-order valence-corrected chi connectivity index (χ4v) is 3.33. The molecular weight excluding hydrogens is 374 g/mol. The third-order valence-electron chi connectivity index (χ3n) is 3.41. The number of ether oxygens (including phenoxy) is 1. The number of esters is 1. The second-order valence-electron chi connectivity index (χ2n) is 5.28. The Morgan fingerprint density at radius 3 is 2.92 bits per heavy atom. The highest BCUT2D eigenvalue weighted by atomic mass is 35.5. The second kappa shape index (κ2) is 8.77. The smallest absolute Gasteiger partial charge is 0.341 e. The summed E-state index contributed by atoms with van der Waals surface area (Å²) >= 11 is 7.51. The first-order valence-corrected chi connectivity index (χ1v) is 9.18. The van der Waals surface area contributed by atoms with Gasteiger partial charge in [-0.05, 0) is 41.1 Å². The highest BCUT2D eigenvalue weighted by Gasteiger charge is 2.17. The van der Waals surface area contributed by atoms with Gasteiger partial charge in [-0.25, -0.2) is 14.5 Å². The lowest BCUT2D eigenvalue weighted by Gasteiger charge is -2.09. The molecule has 0 amide bonds. The van der Waals surface area contributed by atoms with Gasteiger partial charge >= 0.3 is 5.97 Å². The molecule has 1 aromatic carbocycles. The number of tetrazole rings is 1. The van der Waals surface area contributed by atoms with E-state index in [4.69, 9.17) is 16.3 Å². The van der Waals surface area contributed by atoms with Gasteiger partial charge in [-0.15, -0.1) is 5.10 Å². The summed E-state index contributed by atoms with van der Waals surface area (Å²) in [5.41, 5.74) is 0.368. The van der Waals surface area contributed by atoms with Crippen LogP contribution < -0.4 is 0 Å². The van der Waals surface area contributed by atoms with E-state index in [1.165, 1.54) is 11.8 Å². The number of pyridine rings is 1. The molecule has 0 radical (unpaired) electrons. The standard InChI is InChI=1S/C17H16ClN5O2S/c1-2-10-23-15(20-21-22-23)11-25-17(24)12-6-5-9-19-16(12)26-14-8-4-3-7-13(14)18/h3-9H,2,10-11H2,1H3. The van der Waals surface area contributed by atoms with Crippen molar-refractivity contribution in [1.82, 2.24) is 25.2 Å². The number of benzene rings is 1. The number of rotatable bonds is 7. The van der Waals surface area contributed by atoms with Crippen LogP contribution in [0.5, 0.6) is 0 Å². The SMILES string of the molecule is CCCn1nnnc1COC(=O)c1cccnc1Sc1ccccc1Cl. The third-order valence-corrected chi connectivity index (χ3v) is 4.94. The van der Waals surface area contributed by atoms with Crippen LogP contribution in [0.3, 0.4) is 0 Å². The number of halogens is 1. The summed E-state index contributed by atoms with van der Waals surface area (Å²) in [4.78, 5) is 17.6. The molecule has 2 heterocycles. The molecule has 26 heavy (non-hydrogen) atoms. The van der Waals surface area contributed by atoms with E-state index in [2.05, 4.69) is 20.5 Å². The monoisotopic (exact) mass is 389 g/mol. The van der Waals surface area contributed by atoms with Gasteiger partial charge in [-0.3, -0.25) is 0 Å². The molecule has 0 atom stereocenters. The molecule has 9 heteroatoms. The summed E-state index contributed by atoms with van der Waals surface area (Å²) in [6.45, 7) is 2.68. The molecule has 0 saturated carbocycles. The van der Waals surface area contributed by atoms with Crippen molar-refractivity contribution in [1.29, 1.82) is 0 Å². The van der Waals surface area contributed by atoms with Gasteiger partial charge < -0.3 is 4.74 Å². The highest BCUT2D eigenvalue weighted by Crippen LogP contribution is 2.33. The molecule has 0 spiro atoms. The van der Waals surface area contributed by atoms with Crippen molar-refractivity contribution in [3.63, 3.8) is 0 Å². The van der Waals surface area contributed by atoms with E-state index >= 15 is 0 Å². The highest BCUT2D eigenvalue weighted by molar-refractivity contribution is 7.99. The van der Waals surface area contributed by atoms with Crippen molar-refractivity contribution in [2.24, 2.45) is 0 Å². The van der Waals surface area contributed by atoms with E-state index in [1.54, 1.807) is 29.1 Å². The fraction of sp³-hybridized carbons (Fsp3) is 0.235. The summed E-state index contributed by atoms with van der Waals surface area (Å²) in [7, 11) is 0. The zero-order valence-electron chi connectivity index (χ0n) is 14.0. The molecule has 0 unspecified atom stereocenters. The number of hydrogen-bond acceptors (Lipinski definition) is 7. The summed E-state index contributed by atoms with van der Waals surface area (Å²) in [5.74, 6) is 0.0168. The van der Waals surface area contributed by atoms with E-state index in [9.17, 15) is 4.79 Å². The number of carbonyl (C=O) groups excluding carboxylic acids is 1. The fourth-order valence-electron chi connectivity index (χ4n) is 2.18. The second-order valence-corrected chi connectivity index (χ2v) is 6.72. The number of nitrogens with zero attached hydrogens (tertiary/aromatic N) is 5. The lowest BCUT2D eigenvalue weighted by atomic mass is 10.3. The van der Waals surface area contributed by atoms with Crippen molar-refractivity contribution >= 4 is 29.3 Å². The van der Waals surface area contributed by atoms with Gasteiger partial charge in [-0.1, -0.05) is 42.4 Å². The Balaban J connectivity index is 1.73. The molecule has 134 valence electrons. The predicted molar refractivity (Wildman–Crippen MR) is 97.0 cm³/mol. The van der Waals surface area contributed by atoms with Gasteiger partial charge in [0.05, 0.1) is 10.6 Å². The van der Waals surface area contributed by atoms with Crippen LogP contribution in [0.4, 0.5) is 0 Å². The molecular formula is C17H16ClN5O2S. The Labute approximate surface area is 159 Å². The number of aryl methyl sites for hydroxylation is 1. The number of hydrogen-bond donors (Lipinski definition) is 0. The normalized spacial score (nSPS) is 10.7. The topological polar surface area (TPSA) is 82.8 Å². The maximum Gasteiger partial charge on any atom is 0.341 e. The van der Waals surface area contributed by atoms with Crippen molar-refractivity contribution < 1.29 is 9.53 Å². The predicted octanol–water partition coefficient (Wildman–Crippen LogP) is 3.64. The van der Waals surface area contributed by atoms with E-state index in [-0.39, 0.29) is 6.61 Å². The minimum atomic E-state index is -0.487. The van der Waals surface area contributed by atoms with Crippen molar-refractivity contribution in [2.75, 3.05) is 0 Å². The lowest BCUT2D eigenvalue weighted by molar-refractivity contribution is 0.0451. The molecule has 0 fully saturated rings. The molecule has 0 aliphatic rings. The van der Waals surface area contributed by atoms with Gasteiger partial charge in [0.25, 0.3) is 0 Å². The molecule has 0 aliphatic heterocycles. The van der Waals surface area contributed by atoms with E-state index < -0.39 is 5.97 Å². The Bertz CT molecular complexity index is 902. The zero-order valence-corrected chi connectivity index (χ0v) is 15.6. The van der Waals surface area contributed by atoms with Crippen LogP contribution in [0.25, 0.3) is 0 Å². The Morgan fingerprint density at radius 2 is 2.12 bits per heavy atom. The van der Waals surface area contributed by atoms with Crippen molar-refractivity contribution in [3.8, 4) is 0 Å². The van der Waals surface area contributed by atoms with Crippen LogP contribution in [0.2, 0.25) is 5.02 Å². The van der Waals surface area contributed by atoms with Gasteiger partial charge in [0.2, 0.25) is 0 Å². The Hall–Kier alpha value is -2.45. The minimum absolute atomic E-state index is 0.00305. The quantitative estimate of drug-likeness (QED) is 0.570. The number of aromatic nitrogens is 5. The van der Waals surface area contributed by atoms with Gasteiger partial charge in [-0.2, -0.15) is 0 Å². The molecule has 3 aromatic rings. The molecule has 7 nitrogen and oxygen atoms in total. The third kappa shape index (κ3) is 4.39. The Morgan fingerprint density at radius 1 is 1.27 bits per heavy atom. The maximum atomic E-state index is 12.5. The van der Waals surface area contributed by atoms with Crippen LogP contribution in [0, 0.1) is 0 Å². The van der Waals surface area contributed by atoms with Gasteiger partial charge in [0.1, 0.15) is 5.03 Å². The maximum absolute atomic E-state index is 12.5. The molecule has 0 bridgehead atoms. The summed E-state index contributed by atoms with van der Waals surface area (Å²) in [6.07, 6.45) is 2.50. The van der Waals surface area contributed by atoms with Gasteiger partial charge in [0.15, 0.2) is 12.4 Å². The van der Waals surface area contributed by atoms with Crippen LogP contribution in [-0.4, -0.2) is 31.2 Å². The summed E-state index contributed by atoms with van der Waals surface area (Å²) in [5, 5.41) is 12.5. The van der Waals surface area contributed by atoms with Gasteiger partial charge in [0, 0.05) is 17.6 Å². The molecule has 3 rings (SSSR count). The molecule has 2 aromatic heterocycles. The molecule has 0 aliphatic carbocycles. The van der Waals surface area contributed by atoms with E-state index in [0.29, 0.717) is 28.0 Å². The molecule has 0 N–H and O–H groups in total. The first-order chi connectivity index (χ1) is 12.7. The number of carbonyl (C=O) groups is 1. The van der Waals surface area contributed by atoms with Crippen LogP contribution in [0.1, 0.15) is 29.5 Å². The van der Waals surface area contributed by atoms with E-state index in [0.717, 1.165) is 11.3 Å². The van der Waals surface area contributed by atoms with Crippen LogP contribution in [-0.2, 0) is 17.9 Å². The lowest BCUT2D eigenvalue weighted by Crippen LogP contribution is -2.12. The first kappa shape index (κ1) is 18.3. The van der Waals surface area contributed by atoms with Crippen molar-refractivity contribution in [2.45, 2.75) is 36.4 Å². The average molecular weight is 390 g/mol. The average Bonchev–Trinajstić information content (AvgIpc) is 3.09. The van der Waals surface area contributed by atoms with Crippen LogP contribution in [0.15, 0.2) is 52.5 Å². The van der Waals surface area contributed by atoms with Crippen molar-refractivity contribution in [3.05, 3.63) is 59.0 Å². The zero-order chi connectivity index (χ0) is 18.4. The Kier molecular flexibility index (Phi) is 6.19. The summed E-state index contributed by atoms with van der Waals surface area (Å²) < 4.78 is 7.00. The van der Waals surface area contributed by atoms with Crippen LogP contribution >= 0.6 is 23.4 Å². The van der Waals surface area contributed by atoms with E-state index in [1.807, 2.05) is 25.1 Å².